The van der Waals surface area contributed by atoms with Crippen LogP contribution >= 0.6 is 0 Å². The predicted molar refractivity (Wildman–Crippen MR) is 155 cm³/mol. The molecule has 2 aliphatic heterocycles. The Bertz CT molecular complexity index is 1220. The molecule has 0 spiro atoms. The van der Waals surface area contributed by atoms with Gasteiger partial charge < -0.3 is 20.9 Å². The summed E-state index contributed by atoms with van der Waals surface area (Å²) in [5.74, 6) is -1.42. The van der Waals surface area contributed by atoms with Crippen LogP contribution in [0.1, 0.15) is 63.0 Å². The fourth-order valence-electron chi connectivity index (χ4n) is 5.54. The third-order valence-corrected chi connectivity index (χ3v) is 7.88. The van der Waals surface area contributed by atoms with Crippen molar-refractivity contribution in [1.82, 2.24) is 20.9 Å². The Morgan fingerprint density at radius 2 is 1.32 bits per heavy atom. The number of amides is 4. The Hall–Kier alpha value is -4.01. The first-order chi connectivity index (χ1) is 19.9. The van der Waals surface area contributed by atoms with Crippen LogP contribution in [0.15, 0.2) is 60.7 Å². The molecule has 9 nitrogen and oxygen atoms in total. The van der Waals surface area contributed by atoms with Crippen LogP contribution in [0, 0.1) is 0 Å². The summed E-state index contributed by atoms with van der Waals surface area (Å²) in [5.41, 5.74) is 1.73. The molecule has 3 N–H and O–H groups in total. The Morgan fingerprint density at radius 3 is 1.95 bits per heavy atom. The number of benzene rings is 2. The second-order valence-electron chi connectivity index (χ2n) is 10.9. The van der Waals surface area contributed by atoms with Crippen LogP contribution in [0.5, 0.6) is 0 Å². The maximum absolute atomic E-state index is 13.9. The minimum Gasteiger partial charge on any atom is -0.343 e. The number of hydrogen-bond donors (Lipinski definition) is 3. The van der Waals surface area contributed by atoms with E-state index in [1.54, 1.807) is 4.90 Å². The van der Waals surface area contributed by atoms with Gasteiger partial charge in [-0.2, -0.15) is 0 Å². The first kappa shape index (κ1) is 30.0. The van der Waals surface area contributed by atoms with E-state index in [-0.39, 0.29) is 30.4 Å². The van der Waals surface area contributed by atoms with Crippen molar-refractivity contribution in [1.29, 1.82) is 0 Å². The van der Waals surface area contributed by atoms with Gasteiger partial charge in [0.1, 0.15) is 30.0 Å². The third kappa shape index (κ3) is 8.25. The Morgan fingerprint density at radius 1 is 0.756 bits per heavy atom. The molecule has 0 aromatic heterocycles. The van der Waals surface area contributed by atoms with Crippen molar-refractivity contribution in [3.8, 4) is 0 Å². The van der Waals surface area contributed by atoms with E-state index in [0.717, 1.165) is 11.1 Å². The van der Waals surface area contributed by atoms with Crippen molar-refractivity contribution in [2.24, 2.45) is 0 Å². The molecule has 2 saturated heterocycles. The van der Waals surface area contributed by atoms with E-state index in [4.69, 9.17) is 0 Å². The molecule has 0 aliphatic carbocycles. The number of Topliss-reactive ketones (excluding diaryl/α,β-unsaturated/α-hetero) is 1. The molecular weight excluding hydrogens is 520 g/mol. The first-order valence-electron chi connectivity index (χ1n) is 14.7. The molecule has 218 valence electrons. The topological polar surface area (TPSA) is 125 Å². The summed E-state index contributed by atoms with van der Waals surface area (Å²) in [4.78, 5) is 68.0. The van der Waals surface area contributed by atoms with Crippen LogP contribution in [0.3, 0.4) is 0 Å². The van der Waals surface area contributed by atoms with E-state index in [9.17, 15) is 24.0 Å². The van der Waals surface area contributed by atoms with Gasteiger partial charge in [0, 0.05) is 32.2 Å². The summed E-state index contributed by atoms with van der Waals surface area (Å²) in [6, 6.07) is 15.3. The lowest BCUT2D eigenvalue weighted by molar-refractivity contribution is -0.143. The molecule has 2 aliphatic rings. The van der Waals surface area contributed by atoms with Crippen LogP contribution < -0.4 is 16.0 Å². The number of carbonyl (C=O) groups is 5. The summed E-state index contributed by atoms with van der Waals surface area (Å²) >= 11 is 0. The zero-order chi connectivity index (χ0) is 29.2. The summed E-state index contributed by atoms with van der Waals surface area (Å²) in [5, 5.41) is 8.67. The minimum absolute atomic E-state index is 0.155. The van der Waals surface area contributed by atoms with Crippen molar-refractivity contribution < 1.29 is 24.0 Å². The zero-order valence-corrected chi connectivity index (χ0v) is 23.6. The van der Waals surface area contributed by atoms with Gasteiger partial charge in [-0.3, -0.25) is 24.0 Å². The highest BCUT2D eigenvalue weighted by atomic mass is 16.2. The molecular formula is C32H40N4O5. The van der Waals surface area contributed by atoms with Gasteiger partial charge in [-0.15, -0.1) is 0 Å². The molecule has 0 radical (unpaired) electrons. The second kappa shape index (κ2) is 14.6. The molecule has 2 fully saturated rings. The normalized spacial score (nSPS) is 23.5. The van der Waals surface area contributed by atoms with Crippen LogP contribution in [0.4, 0.5) is 0 Å². The molecule has 0 saturated carbocycles. The fraction of sp³-hybridized carbons (Fsp3) is 0.469. The number of ketones is 1. The van der Waals surface area contributed by atoms with Crippen molar-refractivity contribution in [2.45, 2.75) is 88.9 Å². The average molecular weight is 561 g/mol. The Labute approximate surface area is 241 Å². The molecule has 2 aromatic rings. The Balaban J connectivity index is 1.62. The van der Waals surface area contributed by atoms with E-state index in [0.29, 0.717) is 51.5 Å². The van der Waals surface area contributed by atoms with Gasteiger partial charge in [0.25, 0.3) is 0 Å². The molecule has 2 heterocycles. The molecule has 0 unspecified atom stereocenters. The predicted octanol–water partition coefficient (Wildman–Crippen LogP) is 2.47. The van der Waals surface area contributed by atoms with Crippen molar-refractivity contribution in [3.63, 3.8) is 0 Å². The highest BCUT2D eigenvalue weighted by Gasteiger charge is 2.40. The van der Waals surface area contributed by atoms with Crippen molar-refractivity contribution >= 4 is 29.4 Å². The molecule has 2 aromatic carbocycles. The highest BCUT2D eigenvalue weighted by molar-refractivity contribution is 5.98. The molecule has 9 heteroatoms. The van der Waals surface area contributed by atoms with E-state index in [1.807, 2.05) is 67.6 Å². The van der Waals surface area contributed by atoms with E-state index in [1.165, 1.54) is 0 Å². The fourth-order valence-corrected chi connectivity index (χ4v) is 5.54. The molecule has 0 bridgehead atoms. The summed E-state index contributed by atoms with van der Waals surface area (Å²) in [7, 11) is 0. The number of fused-ring (bicyclic) bond motifs is 1. The van der Waals surface area contributed by atoms with Gasteiger partial charge >= 0.3 is 0 Å². The maximum Gasteiger partial charge on any atom is 0.246 e. The lowest BCUT2D eigenvalue weighted by atomic mass is 10.00. The second-order valence-corrected chi connectivity index (χ2v) is 10.9. The standard InChI is InChI=1S/C32H40N4O5/c1-2-24(37)16-9-10-17-25-29(38)34-26(20-22-12-5-3-6-13-22)30(39)35-27(21-23-14-7-4-8-15-23)32(41)36-19-11-18-28(36)31(40)33-25/h3-8,12-15,25-28H,2,9-11,16-21H2,1H3,(H,33,40)(H,34,38)(H,35,39)/t25-,26-,27-,28+/m0/s1. The van der Waals surface area contributed by atoms with Crippen LogP contribution in [-0.4, -0.2) is 65.0 Å². The van der Waals surface area contributed by atoms with E-state index < -0.39 is 36.0 Å². The molecule has 4 amide bonds. The Kier molecular flexibility index (Phi) is 10.6. The van der Waals surface area contributed by atoms with Gasteiger partial charge in [0.15, 0.2) is 0 Å². The number of carbonyl (C=O) groups excluding carboxylic acids is 5. The quantitative estimate of drug-likeness (QED) is 0.385. The average Bonchev–Trinajstić information content (AvgIpc) is 3.48. The lowest BCUT2D eigenvalue weighted by Gasteiger charge is -2.32. The van der Waals surface area contributed by atoms with Gasteiger partial charge in [0.2, 0.25) is 23.6 Å². The van der Waals surface area contributed by atoms with E-state index >= 15 is 0 Å². The van der Waals surface area contributed by atoms with Crippen molar-refractivity contribution in [3.05, 3.63) is 71.8 Å². The lowest BCUT2D eigenvalue weighted by Crippen LogP contribution is -2.61. The first-order valence-corrected chi connectivity index (χ1v) is 14.7. The number of nitrogens with one attached hydrogen (secondary N) is 3. The van der Waals surface area contributed by atoms with Crippen LogP contribution in [0.2, 0.25) is 0 Å². The molecule has 4 atom stereocenters. The van der Waals surface area contributed by atoms with Gasteiger partial charge in [0.05, 0.1) is 0 Å². The summed E-state index contributed by atoms with van der Waals surface area (Å²) in [6.45, 7) is 2.22. The largest absolute Gasteiger partial charge is 0.343 e. The minimum atomic E-state index is -0.953. The summed E-state index contributed by atoms with van der Waals surface area (Å²) in [6.07, 6.45) is 4.01. The van der Waals surface area contributed by atoms with E-state index in [2.05, 4.69) is 16.0 Å². The van der Waals surface area contributed by atoms with Gasteiger partial charge in [-0.25, -0.2) is 0 Å². The highest BCUT2D eigenvalue weighted by Crippen LogP contribution is 2.21. The smallest absolute Gasteiger partial charge is 0.246 e. The molecule has 41 heavy (non-hydrogen) atoms. The van der Waals surface area contributed by atoms with Crippen LogP contribution in [-0.2, 0) is 36.8 Å². The SMILES string of the molecule is CCC(=O)CCCC[C@@H]1NC(=O)[C@H]2CCCN2C(=O)[C@H](Cc2ccccc2)NC(=O)[C@H](Cc2ccccc2)NC1=O. The number of unbranched alkanes of at least 4 members (excludes halogenated alkanes) is 1. The van der Waals surface area contributed by atoms with Gasteiger partial charge in [-0.05, 0) is 36.8 Å². The van der Waals surface area contributed by atoms with Crippen molar-refractivity contribution in [2.75, 3.05) is 6.54 Å². The maximum atomic E-state index is 13.9. The third-order valence-electron chi connectivity index (χ3n) is 7.88. The molecule has 4 rings (SSSR count). The zero-order valence-electron chi connectivity index (χ0n) is 23.6. The number of nitrogens with zero attached hydrogens (tertiary/aromatic N) is 1. The monoisotopic (exact) mass is 560 g/mol. The summed E-state index contributed by atoms with van der Waals surface area (Å²) < 4.78 is 0. The van der Waals surface area contributed by atoms with Gasteiger partial charge in [-0.1, -0.05) is 74.0 Å². The number of hydrogen-bond acceptors (Lipinski definition) is 5. The van der Waals surface area contributed by atoms with Crippen LogP contribution in [0.25, 0.3) is 0 Å². The number of rotatable bonds is 10.